The van der Waals surface area contributed by atoms with Gasteiger partial charge in [-0.15, -0.1) is 17.8 Å². The minimum absolute atomic E-state index is 0.135. The second-order valence-corrected chi connectivity index (χ2v) is 7.54. The first-order valence-corrected chi connectivity index (χ1v) is 7.65. The van der Waals surface area contributed by atoms with Gasteiger partial charge in [-0.1, -0.05) is 5.92 Å². The maximum Gasteiger partial charge on any atom is 0.255 e. The van der Waals surface area contributed by atoms with Crippen LogP contribution in [-0.4, -0.2) is 30.8 Å². The zero-order valence-electron chi connectivity index (χ0n) is 9.59. The molecule has 0 amide bonds. The fourth-order valence-corrected chi connectivity index (χ4v) is 4.22. The molecule has 0 unspecified atom stereocenters. The molecule has 0 atom stereocenters. The van der Waals surface area contributed by atoms with Gasteiger partial charge in [0.15, 0.2) is 4.21 Å². The molecule has 0 bridgehead atoms. The van der Waals surface area contributed by atoms with E-state index in [4.69, 9.17) is 6.42 Å². The van der Waals surface area contributed by atoms with Crippen LogP contribution in [0, 0.1) is 25.2 Å². The maximum atomic E-state index is 12.3. The average Bonchev–Trinajstić information content (AvgIpc) is 2.98. The van der Waals surface area contributed by atoms with Gasteiger partial charge in [-0.25, -0.2) is 13.4 Å². The number of hydrogen-bond donors (Lipinski definition) is 0. The van der Waals surface area contributed by atoms with Crippen LogP contribution in [0.15, 0.2) is 10.4 Å². The molecule has 6 heteroatoms. The Bertz CT molecular complexity index is 538. The van der Waals surface area contributed by atoms with Gasteiger partial charge >= 0.3 is 0 Å². The maximum absolute atomic E-state index is 12.3. The first-order chi connectivity index (χ1) is 8.04. The van der Waals surface area contributed by atoms with E-state index in [9.17, 15) is 8.42 Å². The summed E-state index contributed by atoms with van der Waals surface area (Å²) < 4.78 is 26.3. The lowest BCUT2D eigenvalue weighted by atomic mass is 10.4. The van der Waals surface area contributed by atoms with Crippen LogP contribution in [0.5, 0.6) is 0 Å². The van der Waals surface area contributed by atoms with E-state index in [1.165, 1.54) is 21.8 Å². The molecule has 1 aliphatic carbocycles. The standard InChI is InChI=1S/C11H14N2O2S2/c1-3-6-13(8-10-4-5-10)17(14,15)11-7-12-9(2)16-11/h1,7,10H,4-6,8H2,2H3. The number of sulfonamides is 1. The Morgan fingerprint density at radius 1 is 1.65 bits per heavy atom. The van der Waals surface area contributed by atoms with Crippen LogP contribution in [0.3, 0.4) is 0 Å². The summed E-state index contributed by atoms with van der Waals surface area (Å²) >= 11 is 1.19. The van der Waals surface area contributed by atoms with E-state index < -0.39 is 10.0 Å². The molecule has 1 fully saturated rings. The highest BCUT2D eigenvalue weighted by Crippen LogP contribution is 2.32. The first-order valence-electron chi connectivity index (χ1n) is 5.40. The first kappa shape index (κ1) is 12.6. The fourth-order valence-electron chi connectivity index (χ4n) is 1.53. The molecule has 1 aliphatic rings. The van der Waals surface area contributed by atoms with Crippen molar-refractivity contribution in [3.63, 3.8) is 0 Å². The van der Waals surface area contributed by atoms with Gasteiger partial charge in [0, 0.05) is 6.54 Å². The van der Waals surface area contributed by atoms with E-state index in [1.54, 1.807) is 6.92 Å². The highest BCUT2D eigenvalue weighted by atomic mass is 32.2. The Morgan fingerprint density at radius 3 is 2.82 bits per heavy atom. The molecule has 0 spiro atoms. The van der Waals surface area contributed by atoms with Gasteiger partial charge < -0.3 is 0 Å². The second kappa shape index (κ2) is 4.77. The third-order valence-corrected chi connectivity index (χ3v) is 5.78. The van der Waals surface area contributed by atoms with Gasteiger partial charge in [-0.3, -0.25) is 0 Å². The van der Waals surface area contributed by atoms with Crippen LogP contribution in [-0.2, 0) is 10.0 Å². The molecule has 1 heterocycles. The summed E-state index contributed by atoms with van der Waals surface area (Å²) in [6.07, 6.45) is 8.84. The third kappa shape index (κ3) is 2.86. The van der Waals surface area contributed by atoms with Crippen LogP contribution in [0.25, 0.3) is 0 Å². The number of hydrogen-bond acceptors (Lipinski definition) is 4. The lowest BCUT2D eigenvalue weighted by Crippen LogP contribution is -2.32. The van der Waals surface area contributed by atoms with Crippen LogP contribution in [0.2, 0.25) is 0 Å². The molecule has 92 valence electrons. The molecule has 4 nitrogen and oxygen atoms in total. The van der Waals surface area contributed by atoms with Crippen molar-refractivity contribution in [1.29, 1.82) is 0 Å². The summed E-state index contributed by atoms with van der Waals surface area (Å²) in [4.78, 5) is 3.98. The molecule has 2 rings (SSSR count). The van der Waals surface area contributed by atoms with Crippen LogP contribution >= 0.6 is 11.3 Å². The predicted octanol–water partition coefficient (Wildman–Crippen LogP) is 1.49. The molecule has 0 aromatic carbocycles. The quantitative estimate of drug-likeness (QED) is 0.762. The van der Waals surface area contributed by atoms with Gasteiger partial charge in [-0.05, 0) is 25.7 Å². The van der Waals surface area contributed by atoms with Gasteiger partial charge in [0.05, 0.1) is 17.7 Å². The summed E-state index contributed by atoms with van der Waals surface area (Å²) in [6, 6.07) is 0. The SMILES string of the molecule is C#CCN(CC1CC1)S(=O)(=O)c1cnc(C)s1. The second-order valence-electron chi connectivity index (χ2n) is 4.14. The normalized spacial score (nSPS) is 16.1. The number of nitrogens with zero attached hydrogens (tertiary/aromatic N) is 2. The van der Waals surface area contributed by atoms with Crippen molar-refractivity contribution in [1.82, 2.24) is 9.29 Å². The minimum Gasteiger partial charge on any atom is -0.249 e. The third-order valence-electron chi connectivity index (χ3n) is 2.62. The summed E-state index contributed by atoms with van der Waals surface area (Å²) in [6.45, 7) is 2.45. The largest absolute Gasteiger partial charge is 0.255 e. The monoisotopic (exact) mass is 270 g/mol. The Morgan fingerprint density at radius 2 is 2.35 bits per heavy atom. The highest BCUT2D eigenvalue weighted by Gasteiger charge is 2.32. The number of aryl methyl sites for hydroxylation is 1. The van der Waals surface area contributed by atoms with Crippen LogP contribution in [0.1, 0.15) is 17.8 Å². The molecular weight excluding hydrogens is 256 g/mol. The molecule has 1 aromatic rings. The summed E-state index contributed by atoms with van der Waals surface area (Å²) in [7, 11) is -3.45. The predicted molar refractivity (Wildman–Crippen MR) is 67.2 cm³/mol. The Hall–Kier alpha value is -0.900. The molecule has 0 radical (unpaired) electrons. The van der Waals surface area contributed by atoms with E-state index in [2.05, 4.69) is 10.9 Å². The lowest BCUT2D eigenvalue weighted by Gasteiger charge is -2.18. The van der Waals surface area contributed by atoms with Gasteiger partial charge in [-0.2, -0.15) is 4.31 Å². The minimum atomic E-state index is -3.45. The van der Waals surface area contributed by atoms with Gasteiger partial charge in [0.25, 0.3) is 10.0 Å². The van der Waals surface area contributed by atoms with Gasteiger partial charge in [0.2, 0.25) is 0 Å². The smallest absolute Gasteiger partial charge is 0.249 e. The van der Waals surface area contributed by atoms with Crippen molar-refractivity contribution in [3.05, 3.63) is 11.2 Å². The van der Waals surface area contributed by atoms with Crippen molar-refractivity contribution in [2.24, 2.45) is 5.92 Å². The Labute approximate surface area is 106 Å². The summed E-state index contributed by atoms with van der Waals surface area (Å²) in [5, 5.41) is 0.746. The topological polar surface area (TPSA) is 50.3 Å². The zero-order chi connectivity index (χ0) is 12.5. The molecule has 17 heavy (non-hydrogen) atoms. The van der Waals surface area contributed by atoms with E-state index in [0.717, 1.165) is 17.8 Å². The lowest BCUT2D eigenvalue weighted by molar-refractivity contribution is 0.431. The summed E-state index contributed by atoms with van der Waals surface area (Å²) in [5.74, 6) is 2.89. The van der Waals surface area contributed by atoms with Crippen LogP contribution in [0.4, 0.5) is 0 Å². The van der Waals surface area contributed by atoms with Crippen molar-refractivity contribution in [2.75, 3.05) is 13.1 Å². The van der Waals surface area contributed by atoms with Crippen molar-refractivity contribution >= 4 is 21.4 Å². The van der Waals surface area contributed by atoms with Crippen LogP contribution < -0.4 is 0 Å². The van der Waals surface area contributed by atoms with Crippen molar-refractivity contribution in [3.8, 4) is 12.3 Å². The van der Waals surface area contributed by atoms with Gasteiger partial charge in [0.1, 0.15) is 0 Å². The molecule has 1 saturated carbocycles. The van der Waals surface area contributed by atoms with Crippen molar-refractivity contribution in [2.45, 2.75) is 24.0 Å². The fraction of sp³-hybridized carbons (Fsp3) is 0.545. The Kier molecular flexibility index (Phi) is 3.52. The number of rotatable bonds is 5. The molecule has 1 aromatic heterocycles. The number of terminal acetylenes is 1. The molecule has 0 aliphatic heterocycles. The van der Waals surface area contributed by atoms with E-state index >= 15 is 0 Å². The summed E-state index contributed by atoms with van der Waals surface area (Å²) in [5.41, 5.74) is 0. The van der Waals surface area contributed by atoms with E-state index in [-0.39, 0.29) is 10.8 Å². The highest BCUT2D eigenvalue weighted by molar-refractivity contribution is 7.91. The number of aromatic nitrogens is 1. The molecular formula is C11H14N2O2S2. The average molecular weight is 270 g/mol. The van der Waals surface area contributed by atoms with E-state index in [0.29, 0.717) is 12.5 Å². The zero-order valence-corrected chi connectivity index (χ0v) is 11.2. The van der Waals surface area contributed by atoms with E-state index in [1.807, 2.05) is 0 Å². The Balaban J connectivity index is 2.24. The van der Waals surface area contributed by atoms with Crippen molar-refractivity contribution < 1.29 is 8.42 Å². The molecule has 0 N–H and O–H groups in total. The molecule has 0 saturated heterocycles. The number of thiazole rings is 1.